The van der Waals surface area contributed by atoms with E-state index >= 15 is 0 Å². The third kappa shape index (κ3) is 5.01. The van der Waals surface area contributed by atoms with Crippen LogP contribution in [0.4, 0.5) is 0 Å². The van der Waals surface area contributed by atoms with Crippen LogP contribution in [0.15, 0.2) is 30.3 Å². The third-order valence-electron chi connectivity index (χ3n) is 3.21. The van der Waals surface area contributed by atoms with Crippen LogP contribution in [0, 0.1) is 0 Å². The number of benzene rings is 1. The number of carboxylic acids is 1. The normalized spacial score (nSPS) is 11.9. The molecule has 0 saturated heterocycles. The molecule has 0 heterocycles. The van der Waals surface area contributed by atoms with Gasteiger partial charge in [-0.1, -0.05) is 37.3 Å². The zero-order valence-corrected chi connectivity index (χ0v) is 11.7. The van der Waals surface area contributed by atoms with Gasteiger partial charge in [0.05, 0.1) is 25.5 Å². The van der Waals surface area contributed by atoms with Gasteiger partial charge in [0, 0.05) is 6.54 Å². The maximum atomic E-state index is 12.3. The smallest absolute Gasteiger partial charge is 0.305 e. The quantitative estimate of drug-likeness (QED) is 0.752. The Bertz CT molecular complexity index is 429. The van der Waals surface area contributed by atoms with Crippen LogP contribution in [0.3, 0.4) is 0 Å². The highest BCUT2D eigenvalue weighted by Gasteiger charge is 2.22. The summed E-state index contributed by atoms with van der Waals surface area (Å²) in [5.41, 5.74) is 0.880. The summed E-state index contributed by atoms with van der Waals surface area (Å²) in [6.07, 6.45) is 0.699. The van der Waals surface area contributed by atoms with Crippen LogP contribution >= 0.6 is 0 Å². The Balaban J connectivity index is 2.75. The van der Waals surface area contributed by atoms with Gasteiger partial charge in [-0.3, -0.25) is 9.59 Å². The monoisotopic (exact) mass is 279 g/mol. The lowest BCUT2D eigenvalue weighted by atomic mass is 10.1. The van der Waals surface area contributed by atoms with E-state index in [0.717, 1.165) is 5.56 Å². The van der Waals surface area contributed by atoms with Crippen molar-refractivity contribution in [3.63, 3.8) is 0 Å². The zero-order valence-electron chi connectivity index (χ0n) is 11.7. The average Bonchev–Trinajstić information content (AvgIpc) is 2.44. The number of carbonyl (C=O) groups excluding carboxylic acids is 1. The number of amides is 1. The number of hydrogen-bond donors (Lipinski definition) is 2. The lowest BCUT2D eigenvalue weighted by Gasteiger charge is -2.29. The van der Waals surface area contributed by atoms with E-state index in [4.69, 9.17) is 5.11 Å². The molecule has 0 aromatic heterocycles. The topological polar surface area (TPSA) is 77.8 Å². The van der Waals surface area contributed by atoms with Crippen LogP contribution in [-0.4, -0.2) is 46.2 Å². The molecule has 1 amide bonds. The molecule has 5 heteroatoms. The van der Waals surface area contributed by atoms with Gasteiger partial charge in [-0.15, -0.1) is 0 Å². The van der Waals surface area contributed by atoms with Crippen LogP contribution in [0.5, 0.6) is 0 Å². The first-order valence-corrected chi connectivity index (χ1v) is 6.74. The zero-order chi connectivity index (χ0) is 15.0. The molecule has 1 rings (SSSR count). The van der Waals surface area contributed by atoms with E-state index < -0.39 is 5.97 Å². The second-order valence-electron chi connectivity index (χ2n) is 4.64. The summed E-state index contributed by atoms with van der Waals surface area (Å²) in [4.78, 5) is 24.5. The summed E-state index contributed by atoms with van der Waals surface area (Å²) in [5, 5.41) is 18.1. The number of aliphatic hydroxyl groups excluding tert-OH is 1. The summed E-state index contributed by atoms with van der Waals surface area (Å²) < 4.78 is 0. The Morgan fingerprint density at radius 1 is 1.25 bits per heavy atom. The lowest BCUT2D eigenvalue weighted by Crippen LogP contribution is -2.44. The molecule has 0 radical (unpaired) electrons. The van der Waals surface area contributed by atoms with E-state index in [9.17, 15) is 14.7 Å². The summed E-state index contributed by atoms with van der Waals surface area (Å²) in [5.74, 6) is -1.10. The molecule has 5 nitrogen and oxygen atoms in total. The molecule has 0 bridgehead atoms. The molecule has 0 saturated carbocycles. The number of hydrogen-bond acceptors (Lipinski definition) is 3. The minimum absolute atomic E-state index is 0.114. The van der Waals surface area contributed by atoms with E-state index in [2.05, 4.69) is 0 Å². The largest absolute Gasteiger partial charge is 0.481 e. The molecule has 1 unspecified atom stereocenters. The van der Waals surface area contributed by atoms with Crippen LogP contribution in [0.25, 0.3) is 0 Å². The number of carbonyl (C=O) groups is 2. The van der Waals surface area contributed by atoms with Gasteiger partial charge >= 0.3 is 5.97 Å². The number of aliphatic hydroxyl groups is 1. The van der Waals surface area contributed by atoms with Crippen molar-refractivity contribution in [2.75, 3.05) is 13.2 Å². The average molecular weight is 279 g/mol. The van der Waals surface area contributed by atoms with Gasteiger partial charge < -0.3 is 15.1 Å². The van der Waals surface area contributed by atoms with Crippen molar-refractivity contribution in [1.29, 1.82) is 0 Å². The molecule has 20 heavy (non-hydrogen) atoms. The highest BCUT2D eigenvalue weighted by atomic mass is 16.4. The highest BCUT2D eigenvalue weighted by molar-refractivity contribution is 5.79. The minimum atomic E-state index is -0.949. The standard InChI is InChI=1S/C15H21NO4/c1-2-13(11-17)16(9-8-15(19)20)14(18)10-12-6-4-3-5-7-12/h3-7,13,17H,2,8-11H2,1H3,(H,19,20). The predicted molar refractivity (Wildman–Crippen MR) is 75.3 cm³/mol. The van der Waals surface area contributed by atoms with E-state index in [0.29, 0.717) is 6.42 Å². The Morgan fingerprint density at radius 2 is 1.90 bits per heavy atom. The van der Waals surface area contributed by atoms with Crippen LogP contribution < -0.4 is 0 Å². The second-order valence-corrected chi connectivity index (χ2v) is 4.64. The molecule has 0 aliphatic rings. The van der Waals surface area contributed by atoms with Gasteiger partial charge in [0.2, 0.25) is 5.91 Å². The molecular weight excluding hydrogens is 258 g/mol. The Labute approximate surface area is 118 Å². The summed E-state index contributed by atoms with van der Waals surface area (Å²) in [6, 6.07) is 8.96. The van der Waals surface area contributed by atoms with Crippen molar-refractivity contribution in [3.05, 3.63) is 35.9 Å². The molecule has 2 N–H and O–H groups in total. The van der Waals surface area contributed by atoms with E-state index in [1.54, 1.807) is 0 Å². The molecular formula is C15H21NO4. The van der Waals surface area contributed by atoms with Gasteiger partial charge in [0.1, 0.15) is 0 Å². The van der Waals surface area contributed by atoms with Crippen molar-refractivity contribution in [3.8, 4) is 0 Å². The van der Waals surface area contributed by atoms with Crippen LogP contribution in [0.1, 0.15) is 25.3 Å². The number of nitrogens with zero attached hydrogens (tertiary/aromatic N) is 1. The fraction of sp³-hybridized carbons (Fsp3) is 0.467. The van der Waals surface area contributed by atoms with Gasteiger partial charge in [-0.2, -0.15) is 0 Å². The Kier molecular flexibility index (Phi) is 6.73. The molecule has 1 aromatic carbocycles. The predicted octanol–water partition coefficient (Wildman–Crippen LogP) is 1.30. The van der Waals surface area contributed by atoms with Crippen molar-refractivity contribution < 1.29 is 19.8 Å². The first-order chi connectivity index (χ1) is 9.58. The first kappa shape index (κ1) is 16.2. The van der Waals surface area contributed by atoms with Crippen molar-refractivity contribution in [1.82, 2.24) is 4.90 Å². The number of carboxylic acid groups (broad SMARTS) is 1. The minimum Gasteiger partial charge on any atom is -0.481 e. The van der Waals surface area contributed by atoms with Crippen LogP contribution in [-0.2, 0) is 16.0 Å². The fourth-order valence-electron chi connectivity index (χ4n) is 2.05. The van der Waals surface area contributed by atoms with E-state index in [1.807, 2.05) is 37.3 Å². The van der Waals surface area contributed by atoms with Crippen molar-refractivity contribution >= 4 is 11.9 Å². The van der Waals surface area contributed by atoms with Gasteiger partial charge in [-0.25, -0.2) is 0 Å². The van der Waals surface area contributed by atoms with Crippen molar-refractivity contribution in [2.45, 2.75) is 32.2 Å². The third-order valence-corrected chi connectivity index (χ3v) is 3.21. The summed E-state index contributed by atoms with van der Waals surface area (Å²) in [7, 11) is 0. The highest BCUT2D eigenvalue weighted by Crippen LogP contribution is 2.10. The second kappa shape index (κ2) is 8.32. The van der Waals surface area contributed by atoms with E-state index in [-0.39, 0.29) is 37.9 Å². The van der Waals surface area contributed by atoms with Gasteiger partial charge in [0.25, 0.3) is 0 Å². The van der Waals surface area contributed by atoms with Gasteiger partial charge in [-0.05, 0) is 12.0 Å². The van der Waals surface area contributed by atoms with Crippen LogP contribution in [0.2, 0.25) is 0 Å². The molecule has 0 fully saturated rings. The molecule has 0 aliphatic carbocycles. The Hall–Kier alpha value is -1.88. The lowest BCUT2D eigenvalue weighted by molar-refractivity contribution is -0.139. The van der Waals surface area contributed by atoms with Crippen molar-refractivity contribution in [2.24, 2.45) is 0 Å². The first-order valence-electron chi connectivity index (χ1n) is 6.74. The maximum absolute atomic E-state index is 12.3. The fourth-order valence-corrected chi connectivity index (χ4v) is 2.05. The summed E-state index contributed by atoms with van der Waals surface area (Å²) >= 11 is 0. The van der Waals surface area contributed by atoms with E-state index in [1.165, 1.54) is 4.90 Å². The van der Waals surface area contributed by atoms with Gasteiger partial charge in [0.15, 0.2) is 0 Å². The molecule has 0 aliphatic heterocycles. The molecule has 1 aromatic rings. The maximum Gasteiger partial charge on any atom is 0.305 e. The Morgan fingerprint density at radius 3 is 2.40 bits per heavy atom. The summed E-state index contributed by atoms with van der Waals surface area (Å²) in [6.45, 7) is 1.83. The number of aliphatic carboxylic acids is 1. The molecule has 1 atom stereocenters. The molecule has 0 spiro atoms. The SMILES string of the molecule is CCC(CO)N(CCC(=O)O)C(=O)Cc1ccccc1. The molecule has 110 valence electrons. The number of rotatable bonds is 8.